The van der Waals surface area contributed by atoms with Crippen LogP contribution < -0.4 is 5.32 Å². The van der Waals surface area contributed by atoms with Crippen LogP contribution in [0.1, 0.15) is 35.3 Å². The molecule has 3 heterocycles. The van der Waals surface area contributed by atoms with Crippen LogP contribution in [0, 0.1) is 5.82 Å². The van der Waals surface area contributed by atoms with E-state index >= 15 is 0 Å². The molecule has 148 valence electrons. The summed E-state index contributed by atoms with van der Waals surface area (Å²) in [6, 6.07) is 12.1. The first-order valence-corrected chi connectivity index (χ1v) is 10.4. The lowest BCUT2D eigenvalue weighted by Crippen LogP contribution is -2.48. The molecule has 0 bridgehead atoms. The molecule has 0 atom stereocenters. The maximum absolute atomic E-state index is 13.4. The van der Waals surface area contributed by atoms with Crippen molar-refractivity contribution < 1.29 is 14.0 Å². The molecule has 2 aliphatic heterocycles. The summed E-state index contributed by atoms with van der Waals surface area (Å²) in [7, 11) is 0. The Kier molecular flexibility index (Phi) is 4.24. The number of hydrogen-bond donors (Lipinski definition) is 2. The second-order valence-electron chi connectivity index (χ2n) is 7.90. The molecule has 1 saturated heterocycles. The highest BCUT2D eigenvalue weighted by Crippen LogP contribution is 2.46. The maximum atomic E-state index is 13.4. The van der Waals surface area contributed by atoms with Gasteiger partial charge in [0.2, 0.25) is 5.91 Å². The molecular formula is C22H19BrFN3O2. The van der Waals surface area contributed by atoms with E-state index in [0.29, 0.717) is 30.6 Å². The Hall–Kier alpha value is -2.67. The highest BCUT2D eigenvalue weighted by atomic mass is 79.9. The van der Waals surface area contributed by atoms with Crippen LogP contribution in [-0.4, -0.2) is 34.8 Å². The topological polar surface area (TPSA) is 65.2 Å². The van der Waals surface area contributed by atoms with E-state index in [1.807, 2.05) is 17.0 Å². The lowest BCUT2D eigenvalue weighted by atomic mass is 9.68. The Morgan fingerprint density at radius 1 is 1.10 bits per heavy atom. The van der Waals surface area contributed by atoms with E-state index in [0.717, 1.165) is 34.1 Å². The molecule has 5 rings (SSSR count). The number of likely N-dealkylation sites (tertiary alicyclic amines) is 1. The summed E-state index contributed by atoms with van der Waals surface area (Å²) in [5.74, 6) is -0.390. The van der Waals surface area contributed by atoms with Crippen LogP contribution in [-0.2, 0) is 10.2 Å². The molecule has 7 heteroatoms. The lowest BCUT2D eigenvalue weighted by Gasteiger charge is -2.44. The van der Waals surface area contributed by atoms with E-state index in [9.17, 15) is 14.0 Å². The third-order valence-corrected chi connectivity index (χ3v) is 6.64. The maximum Gasteiger partial charge on any atom is 0.270 e. The summed E-state index contributed by atoms with van der Waals surface area (Å²) in [6.45, 7) is 1.14. The number of benzene rings is 2. The fourth-order valence-corrected chi connectivity index (χ4v) is 5.00. The summed E-state index contributed by atoms with van der Waals surface area (Å²) >= 11 is 3.53. The normalized spacial score (nSPS) is 18.0. The quantitative estimate of drug-likeness (QED) is 0.563. The Bertz CT molecular complexity index is 1150. The molecule has 5 nitrogen and oxygen atoms in total. The average molecular weight is 456 g/mol. The zero-order valence-electron chi connectivity index (χ0n) is 15.6. The van der Waals surface area contributed by atoms with E-state index in [2.05, 4.69) is 32.3 Å². The van der Waals surface area contributed by atoms with Gasteiger partial charge in [0.05, 0.1) is 0 Å². The van der Waals surface area contributed by atoms with Crippen LogP contribution >= 0.6 is 15.9 Å². The SMILES string of the molecule is O=C1CC2(CCN(C(=O)c3cc4cc(F)ccc4[nH]3)CC2)c2cc(Br)ccc2N1. The number of nitrogens with one attached hydrogen (secondary N) is 2. The fourth-order valence-electron chi connectivity index (χ4n) is 4.63. The number of rotatable bonds is 1. The van der Waals surface area contributed by atoms with Crippen LogP contribution in [0.5, 0.6) is 0 Å². The number of carbonyl (C=O) groups is 2. The Labute approximate surface area is 175 Å². The molecule has 2 amide bonds. The second-order valence-corrected chi connectivity index (χ2v) is 8.82. The van der Waals surface area contributed by atoms with Gasteiger partial charge < -0.3 is 15.2 Å². The first-order chi connectivity index (χ1) is 13.9. The van der Waals surface area contributed by atoms with Crippen molar-refractivity contribution in [1.29, 1.82) is 0 Å². The van der Waals surface area contributed by atoms with Gasteiger partial charge in [-0.15, -0.1) is 0 Å². The van der Waals surface area contributed by atoms with Crippen molar-refractivity contribution >= 4 is 44.3 Å². The number of carbonyl (C=O) groups excluding carboxylic acids is 2. The van der Waals surface area contributed by atoms with E-state index in [1.165, 1.54) is 12.1 Å². The number of aromatic amines is 1. The van der Waals surface area contributed by atoms with Crippen LogP contribution in [0.4, 0.5) is 10.1 Å². The van der Waals surface area contributed by atoms with Gasteiger partial charge in [0.15, 0.2) is 0 Å². The predicted octanol–water partition coefficient (Wildman–Crippen LogP) is 4.59. The molecule has 2 N–H and O–H groups in total. The standard InChI is InChI=1S/C22H19BrFN3O2/c23-14-1-3-18-16(11-14)22(12-20(28)26-18)5-7-27(8-6-22)21(29)19-10-13-9-15(24)2-4-17(13)25-19/h1-4,9-11,25H,5-8,12H2,(H,26,28). The molecule has 1 aromatic heterocycles. The molecule has 29 heavy (non-hydrogen) atoms. The molecular weight excluding hydrogens is 437 g/mol. The van der Waals surface area contributed by atoms with E-state index in [4.69, 9.17) is 0 Å². The van der Waals surface area contributed by atoms with Crippen LogP contribution in [0.3, 0.4) is 0 Å². The number of aromatic nitrogens is 1. The van der Waals surface area contributed by atoms with E-state index < -0.39 is 0 Å². The van der Waals surface area contributed by atoms with Crippen molar-refractivity contribution in [2.45, 2.75) is 24.7 Å². The molecule has 0 saturated carbocycles. The molecule has 0 unspecified atom stereocenters. The minimum Gasteiger partial charge on any atom is -0.351 e. The zero-order valence-corrected chi connectivity index (χ0v) is 17.2. The molecule has 1 spiro atoms. The summed E-state index contributed by atoms with van der Waals surface area (Å²) in [5, 5.41) is 3.65. The van der Waals surface area contributed by atoms with Crippen molar-refractivity contribution in [3.63, 3.8) is 0 Å². The number of nitrogens with zero attached hydrogens (tertiary/aromatic N) is 1. The Balaban J connectivity index is 1.39. The van der Waals surface area contributed by atoms with Gasteiger partial charge in [0, 0.05) is 46.0 Å². The van der Waals surface area contributed by atoms with Gasteiger partial charge in [-0.3, -0.25) is 9.59 Å². The van der Waals surface area contributed by atoms with Gasteiger partial charge in [-0.1, -0.05) is 15.9 Å². The molecule has 3 aromatic rings. The molecule has 1 fully saturated rings. The van der Waals surface area contributed by atoms with Crippen LogP contribution in [0.25, 0.3) is 10.9 Å². The fraction of sp³-hybridized carbons (Fsp3) is 0.273. The highest BCUT2D eigenvalue weighted by molar-refractivity contribution is 9.10. The van der Waals surface area contributed by atoms with Crippen molar-refractivity contribution in [2.75, 3.05) is 18.4 Å². The molecule has 0 radical (unpaired) electrons. The van der Waals surface area contributed by atoms with Gasteiger partial charge in [-0.25, -0.2) is 4.39 Å². The van der Waals surface area contributed by atoms with E-state index in [1.54, 1.807) is 12.1 Å². The molecule has 2 aliphatic rings. The van der Waals surface area contributed by atoms with Crippen LogP contribution in [0.15, 0.2) is 46.9 Å². The molecule has 0 aliphatic carbocycles. The van der Waals surface area contributed by atoms with Gasteiger partial charge in [0.25, 0.3) is 5.91 Å². The lowest BCUT2D eigenvalue weighted by molar-refractivity contribution is -0.118. The number of hydrogen-bond acceptors (Lipinski definition) is 2. The van der Waals surface area contributed by atoms with Gasteiger partial charge in [0.1, 0.15) is 11.5 Å². The minimum atomic E-state index is -0.323. The minimum absolute atomic E-state index is 0.0252. The van der Waals surface area contributed by atoms with Crippen molar-refractivity contribution in [1.82, 2.24) is 9.88 Å². The third-order valence-electron chi connectivity index (χ3n) is 6.15. The number of H-pyrrole nitrogens is 1. The summed E-state index contributed by atoms with van der Waals surface area (Å²) in [4.78, 5) is 30.2. The smallest absolute Gasteiger partial charge is 0.270 e. The first kappa shape index (κ1) is 18.4. The monoisotopic (exact) mass is 455 g/mol. The van der Waals surface area contributed by atoms with E-state index in [-0.39, 0.29) is 23.0 Å². The van der Waals surface area contributed by atoms with Gasteiger partial charge >= 0.3 is 0 Å². The van der Waals surface area contributed by atoms with Crippen LogP contribution in [0.2, 0.25) is 0 Å². The Morgan fingerprint density at radius 2 is 1.90 bits per heavy atom. The Morgan fingerprint density at radius 3 is 2.69 bits per heavy atom. The second kappa shape index (κ2) is 6.69. The number of fused-ring (bicyclic) bond motifs is 3. The van der Waals surface area contributed by atoms with Crippen molar-refractivity contribution in [3.05, 3.63) is 64.0 Å². The number of halogens is 2. The zero-order chi connectivity index (χ0) is 20.2. The molecule has 2 aromatic carbocycles. The van der Waals surface area contributed by atoms with Gasteiger partial charge in [-0.05, 0) is 60.9 Å². The first-order valence-electron chi connectivity index (χ1n) is 9.61. The predicted molar refractivity (Wildman–Crippen MR) is 112 cm³/mol. The summed E-state index contributed by atoms with van der Waals surface area (Å²) in [6.07, 6.45) is 1.89. The van der Waals surface area contributed by atoms with Crippen molar-refractivity contribution in [2.24, 2.45) is 0 Å². The largest absolute Gasteiger partial charge is 0.351 e. The third kappa shape index (κ3) is 3.13. The number of anilines is 1. The summed E-state index contributed by atoms with van der Waals surface area (Å²) < 4.78 is 14.4. The highest BCUT2D eigenvalue weighted by Gasteiger charge is 2.43. The number of amides is 2. The van der Waals surface area contributed by atoms with Gasteiger partial charge in [-0.2, -0.15) is 0 Å². The summed E-state index contributed by atoms with van der Waals surface area (Å²) in [5.41, 5.74) is 2.96. The van der Waals surface area contributed by atoms with Crippen molar-refractivity contribution in [3.8, 4) is 0 Å². The average Bonchev–Trinajstić information content (AvgIpc) is 3.12. The number of piperidine rings is 1.